The van der Waals surface area contributed by atoms with E-state index in [0.29, 0.717) is 24.2 Å². The lowest BCUT2D eigenvalue weighted by Gasteiger charge is -2.47. The van der Waals surface area contributed by atoms with Crippen LogP contribution in [0.4, 0.5) is 4.79 Å². The molecule has 3 atom stereocenters. The van der Waals surface area contributed by atoms with Crippen LogP contribution in [0.5, 0.6) is 0 Å². The van der Waals surface area contributed by atoms with Gasteiger partial charge in [-0.3, -0.25) is 9.69 Å². The van der Waals surface area contributed by atoms with Gasteiger partial charge in [0.2, 0.25) is 0 Å². The maximum atomic E-state index is 12.8. The smallest absolute Gasteiger partial charge is 0.317 e. The van der Waals surface area contributed by atoms with Gasteiger partial charge < -0.3 is 15.1 Å². The molecule has 0 aromatic carbocycles. The van der Waals surface area contributed by atoms with E-state index >= 15 is 0 Å². The predicted octanol–water partition coefficient (Wildman–Crippen LogP) is 2.19. The van der Waals surface area contributed by atoms with Gasteiger partial charge in [-0.05, 0) is 52.2 Å². The molecule has 2 amide bonds. The van der Waals surface area contributed by atoms with Crippen molar-refractivity contribution in [1.29, 1.82) is 0 Å². The number of urea groups is 1. The van der Waals surface area contributed by atoms with Crippen LogP contribution in [0, 0.1) is 5.92 Å². The van der Waals surface area contributed by atoms with Crippen LogP contribution in [0.3, 0.4) is 0 Å². The van der Waals surface area contributed by atoms with E-state index in [2.05, 4.69) is 29.0 Å². The quantitative estimate of drug-likeness (QED) is 0.715. The first kappa shape index (κ1) is 21.2. The van der Waals surface area contributed by atoms with Crippen molar-refractivity contribution in [3.8, 4) is 0 Å². The summed E-state index contributed by atoms with van der Waals surface area (Å²) in [4.78, 5) is 31.3. The van der Waals surface area contributed by atoms with Gasteiger partial charge in [0.05, 0.1) is 0 Å². The SMILES string of the molecule is CCCN(CCN(C)C)C(=O)N[C@H]1C[C@@H]2CC(=O)CC[C@H]2N(CCC)C1. The summed E-state index contributed by atoms with van der Waals surface area (Å²) in [5.74, 6) is 0.802. The number of amides is 2. The second kappa shape index (κ2) is 10.3. The fourth-order valence-corrected chi connectivity index (χ4v) is 4.48. The van der Waals surface area contributed by atoms with Crippen LogP contribution in [-0.2, 0) is 4.79 Å². The number of hydrogen-bond acceptors (Lipinski definition) is 4. The van der Waals surface area contributed by atoms with Crippen LogP contribution in [-0.4, -0.2) is 85.4 Å². The Balaban J connectivity index is 1.97. The molecule has 0 aromatic heterocycles. The first-order valence-corrected chi connectivity index (χ1v) is 10.4. The van der Waals surface area contributed by atoms with E-state index in [1.165, 1.54) is 0 Å². The molecule has 150 valence electrons. The molecule has 1 aliphatic carbocycles. The molecule has 0 aromatic rings. The minimum atomic E-state index is 0.0516. The number of hydrogen-bond donors (Lipinski definition) is 1. The van der Waals surface area contributed by atoms with E-state index in [4.69, 9.17) is 0 Å². The highest BCUT2D eigenvalue weighted by Crippen LogP contribution is 2.34. The summed E-state index contributed by atoms with van der Waals surface area (Å²) in [6.07, 6.45) is 5.43. The number of carbonyl (C=O) groups excluding carboxylic acids is 2. The standard InChI is InChI=1S/C20H38N4O2/c1-5-9-23(12-11-22(3)4)20(26)21-17-13-16-14-18(25)7-8-19(16)24(15-17)10-6-2/h16-17,19H,5-15H2,1-4H3,(H,21,26)/t16-,17+,19-/m1/s1. The van der Waals surface area contributed by atoms with E-state index in [-0.39, 0.29) is 12.1 Å². The van der Waals surface area contributed by atoms with Gasteiger partial charge in [0.15, 0.2) is 0 Å². The lowest BCUT2D eigenvalue weighted by atomic mass is 9.76. The highest BCUT2D eigenvalue weighted by atomic mass is 16.2. The summed E-state index contributed by atoms with van der Waals surface area (Å²) in [5.41, 5.74) is 0. The van der Waals surface area contributed by atoms with Gasteiger partial charge in [0.1, 0.15) is 5.78 Å². The van der Waals surface area contributed by atoms with Crippen molar-refractivity contribution < 1.29 is 9.59 Å². The Morgan fingerprint density at radius 2 is 1.96 bits per heavy atom. The molecule has 0 unspecified atom stereocenters. The summed E-state index contributed by atoms with van der Waals surface area (Å²) in [5, 5.41) is 3.28. The Labute approximate surface area is 159 Å². The maximum Gasteiger partial charge on any atom is 0.317 e. The molecule has 6 nitrogen and oxygen atoms in total. The molecular weight excluding hydrogens is 328 g/mol. The number of fused-ring (bicyclic) bond motifs is 1. The molecule has 0 spiro atoms. The van der Waals surface area contributed by atoms with Crippen LogP contribution < -0.4 is 5.32 Å². The first-order chi connectivity index (χ1) is 12.4. The second-order valence-corrected chi connectivity index (χ2v) is 8.28. The number of nitrogens with zero attached hydrogens (tertiary/aromatic N) is 3. The Hall–Kier alpha value is -1.14. The molecular formula is C20H38N4O2. The predicted molar refractivity (Wildman–Crippen MR) is 105 cm³/mol. The number of piperidine rings is 1. The van der Waals surface area contributed by atoms with E-state index in [0.717, 1.165) is 64.8 Å². The molecule has 1 N–H and O–H groups in total. The van der Waals surface area contributed by atoms with E-state index < -0.39 is 0 Å². The Kier molecular flexibility index (Phi) is 8.35. The van der Waals surface area contributed by atoms with Crippen LogP contribution in [0.2, 0.25) is 0 Å². The fourth-order valence-electron chi connectivity index (χ4n) is 4.48. The third-order valence-electron chi connectivity index (χ3n) is 5.70. The molecule has 1 aliphatic heterocycles. The summed E-state index contributed by atoms with van der Waals surface area (Å²) < 4.78 is 0. The topological polar surface area (TPSA) is 55.9 Å². The molecule has 0 bridgehead atoms. The number of carbonyl (C=O) groups is 2. The van der Waals surface area contributed by atoms with Gasteiger partial charge in [-0.1, -0.05) is 13.8 Å². The second-order valence-electron chi connectivity index (χ2n) is 8.28. The molecule has 1 saturated heterocycles. The Morgan fingerprint density at radius 1 is 1.19 bits per heavy atom. The van der Waals surface area contributed by atoms with Crippen LogP contribution >= 0.6 is 0 Å². The molecule has 2 rings (SSSR count). The minimum Gasteiger partial charge on any atom is -0.334 e. The number of nitrogens with one attached hydrogen (secondary N) is 1. The van der Waals surface area contributed by atoms with Crippen molar-refractivity contribution in [1.82, 2.24) is 20.0 Å². The monoisotopic (exact) mass is 366 g/mol. The highest BCUT2D eigenvalue weighted by molar-refractivity contribution is 5.79. The van der Waals surface area contributed by atoms with Crippen molar-refractivity contribution in [2.24, 2.45) is 5.92 Å². The largest absolute Gasteiger partial charge is 0.334 e. The summed E-state index contributed by atoms with van der Waals surface area (Å²) in [6.45, 7) is 8.70. The van der Waals surface area contributed by atoms with Gasteiger partial charge in [-0.2, -0.15) is 0 Å². The van der Waals surface area contributed by atoms with Gasteiger partial charge in [-0.15, -0.1) is 0 Å². The molecule has 2 aliphatic rings. The zero-order valence-corrected chi connectivity index (χ0v) is 17.2. The molecule has 2 fully saturated rings. The number of likely N-dealkylation sites (N-methyl/N-ethyl adjacent to an activating group) is 1. The Bertz CT molecular complexity index is 469. The summed E-state index contributed by atoms with van der Waals surface area (Å²) in [7, 11) is 4.07. The van der Waals surface area contributed by atoms with E-state index in [9.17, 15) is 9.59 Å². The van der Waals surface area contributed by atoms with E-state index in [1.807, 2.05) is 19.0 Å². The van der Waals surface area contributed by atoms with Crippen LogP contribution in [0.15, 0.2) is 0 Å². The summed E-state index contributed by atoms with van der Waals surface area (Å²) >= 11 is 0. The third kappa shape index (κ3) is 5.95. The number of Topliss-reactive ketones (excluding diaryl/α,β-unsaturated/α-hetero) is 1. The highest BCUT2D eigenvalue weighted by Gasteiger charge is 2.39. The molecule has 1 saturated carbocycles. The lowest BCUT2D eigenvalue weighted by Crippen LogP contribution is -2.59. The van der Waals surface area contributed by atoms with Crippen molar-refractivity contribution in [3.05, 3.63) is 0 Å². The van der Waals surface area contributed by atoms with Gasteiger partial charge in [0.25, 0.3) is 0 Å². The average molecular weight is 367 g/mol. The average Bonchev–Trinajstić information content (AvgIpc) is 2.58. The Morgan fingerprint density at radius 3 is 2.62 bits per heavy atom. The lowest BCUT2D eigenvalue weighted by molar-refractivity contribution is -0.124. The fraction of sp³-hybridized carbons (Fsp3) is 0.900. The van der Waals surface area contributed by atoms with Gasteiger partial charge in [0, 0.05) is 51.1 Å². The maximum absolute atomic E-state index is 12.8. The van der Waals surface area contributed by atoms with Crippen LogP contribution in [0.25, 0.3) is 0 Å². The molecule has 26 heavy (non-hydrogen) atoms. The number of ketones is 1. The normalized spacial score (nSPS) is 26.7. The van der Waals surface area contributed by atoms with Crippen LogP contribution in [0.1, 0.15) is 52.4 Å². The van der Waals surface area contributed by atoms with Crippen molar-refractivity contribution >= 4 is 11.8 Å². The van der Waals surface area contributed by atoms with E-state index in [1.54, 1.807) is 0 Å². The van der Waals surface area contributed by atoms with Crippen molar-refractivity contribution in [3.63, 3.8) is 0 Å². The molecule has 0 radical (unpaired) electrons. The van der Waals surface area contributed by atoms with Crippen molar-refractivity contribution in [2.75, 3.05) is 46.8 Å². The van der Waals surface area contributed by atoms with Gasteiger partial charge in [-0.25, -0.2) is 4.79 Å². The molecule has 1 heterocycles. The summed E-state index contributed by atoms with van der Waals surface area (Å²) in [6, 6.07) is 0.733. The first-order valence-electron chi connectivity index (χ1n) is 10.4. The van der Waals surface area contributed by atoms with Crippen molar-refractivity contribution in [2.45, 2.75) is 64.5 Å². The number of likely N-dealkylation sites (tertiary alicyclic amines) is 1. The molecule has 6 heteroatoms. The minimum absolute atomic E-state index is 0.0516. The zero-order valence-electron chi connectivity index (χ0n) is 17.2. The number of rotatable bonds is 8. The van der Waals surface area contributed by atoms with Gasteiger partial charge >= 0.3 is 6.03 Å². The third-order valence-corrected chi connectivity index (χ3v) is 5.70. The zero-order chi connectivity index (χ0) is 19.1.